The highest BCUT2D eigenvalue weighted by atomic mass is 16.5. The number of ether oxygens (including phenoxy) is 1. The van der Waals surface area contributed by atoms with Crippen LogP contribution in [-0.4, -0.2) is 22.1 Å². The molecular formula is C20H23N3O4. The van der Waals surface area contributed by atoms with Crippen LogP contribution in [0, 0.1) is 13.8 Å². The zero-order valence-corrected chi connectivity index (χ0v) is 15.9. The van der Waals surface area contributed by atoms with E-state index in [2.05, 4.69) is 10.3 Å². The molecule has 0 aliphatic carbocycles. The quantitative estimate of drug-likeness (QED) is 0.717. The lowest BCUT2D eigenvalue weighted by Crippen LogP contribution is -2.33. The average molecular weight is 369 g/mol. The number of anilines is 1. The number of carbonyl (C=O) groups excluding carboxylic acids is 1. The van der Waals surface area contributed by atoms with Crippen molar-refractivity contribution in [2.24, 2.45) is 0 Å². The Morgan fingerprint density at radius 2 is 1.96 bits per heavy atom. The number of nitrogens with zero attached hydrogens (tertiary/aromatic N) is 2. The molecule has 0 aliphatic rings. The Morgan fingerprint density at radius 3 is 2.59 bits per heavy atom. The van der Waals surface area contributed by atoms with E-state index in [1.165, 1.54) is 10.9 Å². The second-order valence-electron chi connectivity index (χ2n) is 6.29. The van der Waals surface area contributed by atoms with Gasteiger partial charge in [0.15, 0.2) is 0 Å². The van der Waals surface area contributed by atoms with E-state index in [1.807, 2.05) is 20.8 Å². The number of fused-ring (bicyclic) bond motifs is 1. The van der Waals surface area contributed by atoms with Crippen molar-refractivity contribution in [2.75, 3.05) is 11.9 Å². The van der Waals surface area contributed by atoms with E-state index in [-0.39, 0.29) is 11.5 Å². The van der Waals surface area contributed by atoms with Gasteiger partial charge < -0.3 is 14.5 Å². The average Bonchev–Trinajstić information content (AvgIpc) is 2.94. The Morgan fingerprint density at radius 1 is 1.26 bits per heavy atom. The molecule has 0 radical (unpaired) electrons. The fraction of sp³-hybridized carbons (Fsp3) is 0.350. The van der Waals surface area contributed by atoms with Gasteiger partial charge in [-0.1, -0.05) is 6.92 Å². The topological polar surface area (TPSA) is 86.4 Å². The molecule has 0 saturated heterocycles. The van der Waals surface area contributed by atoms with Gasteiger partial charge in [-0.15, -0.1) is 0 Å². The maximum Gasteiger partial charge on any atom is 0.265 e. The molecule has 1 amide bonds. The van der Waals surface area contributed by atoms with Crippen LogP contribution in [0.15, 0.2) is 39.8 Å². The number of furan rings is 1. The minimum absolute atomic E-state index is 0.275. The Hall–Kier alpha value is -3.09. The van der Waals surface area contributed by atoms with Crippen LogP contribution in [0.2, 0.25) is 0 Å². The molecule has 0 saturated carbocycles. The Bertz CT molecular complexity index is 1020. The number of hydrogen-bond donors (Lipinski definition) is 1. The molecule has 27 heavy (non-hydrogen) atoms. The summed E-state index contributed by atoms with van der Waals surface area (Å²) in [5, 5.41) is 3.27. The van der Waals surface area contributed by atoms with Crippen molar-refractivity contribution in [3.05, 3.63) is 52.3 Å². The normalized spacial score (nSPS) is 12.1. The molecule has 3 aromatic rings. The summed E-state index contributed by atoms with van der Waals surface area (Å²) in [5.41, 5.74) is 1.41. The number of carbonyl (C=O) groups is 1. The molecule has 0 spiro atoms. The summed E-state index contributed by atoms with van der Waals surface area (Å²) in [4.78, 5) is 29.9. The molecule has 142 valence electrons. The van der Waals surface area contributed by atoms with Crippen LogP contribution < -0.4 is 15.6 Å². The van der Waals surface area contributed by atoms with Gasteiger partial charge in [0.1, 0.15) is 29.3 Å². The number of hydrogen-bond acceptors (Lipinski definition) is 5. The standard InChI is InChI=1S/C20H23N3O4/c1-5-16(18(24)22-14-7-9-15(10-8-14)26-6-2)23-11-21-19-17(20(23)25)12(3)13(4)27-19/h7-11,16H,5-6H2,1-4H3,(H,22,24)/t16-/m0/s1. The van der Waals surface area contributed by atoms with E-state index >= 15 is 0 Å². The maximum atomic E-state index is 12.9. The third-order valence-corrected chi connectivity index (χ3v) is 4.57. The lowest BCUT2D eigenvalue weighted by atomic mass is 10.1. The predicted molar refractivity (Wildman–Crippen MR) is 103 cm³/mol. The Kier molecular flexibility index (Phi) is 5.30. The number of aryl methyl sites for hydroxylation is 2. The molecule has 3 rings (SSSR count). The van der Waals surface area contributed by atoms with Gasteiger partial charge in [-0.05, 0) is 51.5 Å². The molecule has 1 aromatic carbocycles. The maximum absolute atomic E-state index is 12.9. The van der Waals surface area contributed by atoms with E-state index in [4.69, 9.17) is 9.15 Å². The van der Waals surface area contributed by atoms with Crippen LogP contribution in [0.4, 0.5) is 5.69 Å². The van der Waals surface area contributed by atoms with Gasteiger partial charge in [0.2, 0.25) is 11.6 Å². The SMILES string of the molecule is CCOc1ccc(NC(=O)[C@H](CC)n2cnc3oc(C)c(C)c3c2=O)cc1. The highest BCUT2D eigenvalue weighted by molar-refractivity contribution is 5.94. The molecule has 2 aromatic heterocycles. The minimum atomic E-state index is -0.671. The van der Waals surface area contributed by atoms with Gasteiger partial charge in [-0.3, -0.25) is 14.2 Å². The van der Waals surface area contributed by atoms with Crippen LogP contribution in [0.3, 0.4) is 0 Å². The van der Waals surface area contributed by atoms with E-state index in [1.54, 1.807) is 31.2 Å². The monoisotopic (exact) mass is 369 g/mol. The lowest BCUT2D eigenvalue weighted by Gasteiger charge is -2.17. The summed E-state index contributed by atoms with van der Waals surface area (Å²) in [5.74, 6) is 1.11. The van der Waals surface area contributed by atoms with Gasteiger partial charge in [0.25, 0.3) is 5.56 Å². The van der Waals surface area contributed by atoms with E-state index in [0.717, 1.165) is 11.3 Å². The van der Waals surface area contributed by atoms with Gasteiger partial charge >= 0.3 is 0 Å². The zero-order valence-electron chi connectivity index (χ0n) is 15.9. The van der Waals surface area contributed by atoms with Crippen molar-refractivity contribution in [3.63, 3.8) is 0 Å². The highest BCUT2D eigenvalue weighted by Gasteiger charge is 2.23. The number of benzene rings is 1. The van der Waals surface area contributed by atoms with Crippen molar-refractivity contribution in [3.8, 4) is 5.75 Å². The van der Waals surface area contributed by atoms with Crippen molar-refractivity contribution < 1.29 is 13.9 Å². The van der Waals surface area contributed by atoms with E-state index < -0.39 is 6.04 Å². The van der Waals surface area contributed by atoms with Crippen LogP contribution in [0.5, 0.6) is 5.75 Å². The first-order valence-corrected chi connectivity index (χ1v) is 8.96. The van der Waals surface area contributed by atoms with Crippen molar-refractivity contribution in [1.82, 2.24) is 9.55 Å². The van der Waals surface area contributed by atoms with Crippen LogP contribution >= 0.6 is 0 Å². The molecule has 0 fully saturated rings. The molecule has 1 atom stereocenters. The number of amides is 1. The zero-order chi connectivity index (χ0) is 19.6. The first kappa shape index (κ1) is 18.7. The summed E-state index contributed by atoms with van der Waals surface area (Å²) in [6.45, 7) is 7.95. The van der Waals surface area contributed by atoms with Gasteiger partial charge in [-0.25, -0.2) is 4.98 Å². The van der Waals surface area contributed by atoms with Gasteiger partial charge in [-0.2, -0.15) is 0 Å². The molecule has 0 bridgehead atoms. The van der Waals surface area contributed by atoms with E-state index in [0.29, 0.717) is 35.6 Å². The van der Waals surface area contributed by atoms with Gasteiger partial charge in [0, 0.05) is 11.3 Å². The fourth-order valence-electron chi connectivity index (χ4n) is 3.01. The summed E-state index contributed by atoms with van der Waals surface area (Å²) >= 11 is 0. The molecule has 7 nitrogen and oxygen atoms in total. The summed E-state index contributed by atoms with van der Waals surface area (Å²) in [7, 11) is 0. The molecule has 0 aliphatic heterocycles. The summed E-state index contributed by atoms with van der Waals surface area (Å²) in [6, 6.07) is 6.44. The minimum Gasteiger partial charge on any atom is -0.494 e. The first-order chi connectivity index (χ1) is 13.0. The van der Waals surface area contributed by atoms with Crippen molar-refractivity contribution >= 4 is 22.7 Å². The van der Waals surface area contributed by atoms with Crippen molar-refractivity contribution in [1.29, 1.82) is 0 Å². The number of nitrogens with one attached hydrogen (secondary N) is 1. The lowest BCUT2D eigenvalue weighted by molar-refractivity contribution is -0.119. The summed E-state index contributed by atoms with van der Waals surface area (Å²) in [6.07, 6.45) is 1.82. The first-order valence-electron chi connectivity index (χ1n) is 8.96. The molecular weight excluding hydrogens is 346 g/mol. The number of rotatable bonds is 6. The molecule has 0 unspecified atom stereocenters. The third-order valence-electron chi connectivity index (χ3n) is 4.57. The Labute approximate surface area is 157 Å². The molecule has 1 N–H and O–H groups in total. The molecule has 2 heterocycles. The summed E-state index contributed by atoms with van der Waals surface area (Å²) < 4.78 is 12.3. The third kappa shape index (κ3) is 3.58. The van der Waals surface area contributed by atoms with Crippen molar-refractivity contribution in [2.45, 2.75) is 40.2 Å². The van der Waals surface area contributed by atoms with E-state index in [9.17, 15) is 9.59 Å². The van der Waals surface area contributed by atoms with Crippen LogP contribution in [0.1, 0.15) is 37.6 Å². The second-order valence-corrected chi connectivity index (χ2v) is 6.29. The van der Waals surface area contributed by atoms with Crippen LogP contribution in [-0.2, 0) is 4.79 Å². The smallest absolute Gasteiger partial charge is 0.265 e. The second kappa shape index (κ2) is 7.65. The largest absolute Gasteiger partial charge is 0.494 e. The Balaban J connectivity index is 1.89. The van der Waals surface area contributed by atoms with Gasteiger partial charge in [0.05, 0.1) is 6.61 Å². The number of aromatic nitrogens is 2. The fourth-order valence-corrected chi connectivity index (χ4v) is 3.01. The predicted octanol–water partition coefficient (Wildman–Crippen LogP) is 3.59. The van der Waals surface area contributed by atoms with Crippen LogP contribution in [0.25, 0.3) is 11.1 Å². The highest BCUT2D eigenvalue weighted by Crippen LogP contribution is 2.22. The molecule has 7 heteroatoms.